The van der Waals surface area contributed by atoms with Crippen molar-refractivity contribution in [1.82, 2.24) is 25.2 Å². The van der Waals surface area contributed by atoms with Gasteiger partial charge in [0.15, 0.2) is 11.9 Å². The van der Waals surface area contributed by atoms with E-state index in [4.69, 9.17) is 15.2 Å². The molecule has 2 aromatic heterocycles. The SMILES string of the molecule is CC(C)[C@@H](N)C(=O)OCC1CN(c2ccc(-c3ccc(-c4nnnn4C)nc3)c(F)c2)C(=O)O1.[Cl-]. The molecule has 4 rings (SSSR count). The number of cyclic esters (lactones) is 1. The number of nitrogens with zero attached hydrogens (tertiary/aromatic N) is 6. The first kappa shape index (κ1) is 26.0. The highest BCUT2D eigenvalue weighted by Crippen LogP contribution is 2.29. The molecule has 11 nitrogen and oxygen atoms in total. The molecule has 1 unspecified atom stereocenters. The number of tetrazole rings is 1. The zero-order chi connectivity index (χ0) is 24.4. The van der Waals surface area contributed by atoms with E-state index in [-0.39, 0.29) is 31.5 Å². The van der Waals surface area contributed by atoms with Crippen LogP contribution in [-0.4, -0.2) is 62.6 Å². The van der Waals surface area contributed by atoms with E-state index in [0.29, 0.717) is 28.3 Å². The van der Waals surface area contributed by atoms with Crippen molar-refractivity contribution in [2.24, 2.45) is 18.7 Å². The summed E-state index contributed by atoms with van der Waals surface area (Å²) >= 11 is 0. The number of hydrogen-bond donors (Lipinski definition) is 1. The van der Waals surface area contributed by atoms with Gasteiger partial charge in [-0.1, -0.05) is 19.9 Å². The lowest BCUT2D eigenvalue weighted by molar-refractivity contribution is -0.148. The van der Waals surface area contributed by atoms with Gasteiger partial charge in [-0.25, -0.2) is 13.9 Å². The van der Waals surface area contributed by atoms with E-state index >= 15 is 0 Å². The number of carbonyl (C=O) groups is 2. The summed E-state index contributed by atoms with van der Waals surface area (Å²) in [6.45, 7) is 3.60. The number of esters is 1. The number of aromatic nitrogens is 5. The lowest BCUT2D eigenvalue weighted by Gasteiger charge is -2.16. The Labute approximate surface area is 206 Å². The molecule has 1 fully saturated rings. The largest absolute Gasteiger partial charge is 1.00 e. The van der Waals surface area contributed by atoms with Crippen molar-refractivity contribution in [2.75, 3.05) is 18.1 Å². The first-order valence-corrected chi connectivity index (χ1v) is 10.6. The van der Waals surface area contributed by atoms with Gasteiger partial charge in [-0.3, -0.25) is 14.7 Å². The number of rotatable bonds is 7. The molecule has 1 aliphatic heterocycles. The summed E-state index contributed by atoms with van der Waals surface area (Å²) < 4.78 is 26.8. The van der Waals surface area contributed by atoms with Gasteiger partial charge in [0.1, 0.15) is 24.2 Å². The van der Waals surface area contributed by atoms with E-state index in [1.54, 1.807) is 45.2 Å². The number of ether oxygens (including phenoxy) is 2. The van der Waals surface area contributed by atoms with Crippen LogP contribution in [-0.2, 0) is 21.3 Å². The molecule has 13 heteroatoms. The molecule has 1 aliphatic rings. The quantitative estimate of drug-likeness (QED) is 0.399. The monoisotopic (exact) mass is 504 g/mol. The lowest BCUT2D eigenvalue weighted by Crippen LogP contribution is -3.00. The van der Waals surface area contributed by atoms with Crippen molar-refractivity contribution in [3.63, 3.8) is 0 Å². The maximum atomic E-state index is 14.9. The Balaban J connectivity index is 0.00000342. The van der Waals surface area contributed by atoms with Crippen molar-refractivity contribution >= 4 is 17.7 Å². The fourth-order valence-electron chi connectivity index (χ4n) is 3.40. The van der Waals surface area contributed by atoms with Gasteiger partial charge in [0.25, 0.3) is 0 Å². The Bertz CT molecular complexity index is 1200. The van der Waals surface area contributed by atoms with Gasteiger partial charge in [0, 0.05) is 24.4 Å². The second kappa shape index (κ2) is 10.7. The van der Waals surface area contributed by atoms with Crippen LogP contribution in [0.3, 0.4) is 0 Å². The van der Waals surface area contributed by atoms with Crippen molar-refractivity contribution in [3.8, 4) is 22.6 Å². The summed E-state index contributed by atoms with van der Waals surface area (Å²) in [5, 5.41) is 11.2. The molecular formula is C22H24ClFN7O4-. The second-order valence-corrected chi connectivity index (χ2v) is 8.24. The van der Waals surface area contributed by atoms with E-state index in [2.05, 4.69) is 20.5 Å². The summed E-state index contributed by atoms with van der Waals surface area (Å²) in [7, 11) is 1.70. The normalized spacial score (nSPS) is 16.1. The van der Waals surface area contributed by atoms with Crippen LogP contribution in [0, 0.1) is 11.7 Å². The molecule has 186 valence electrons. The second-order valence-electron chi connectivity index (χ2n) is 8.24. The van der Waals surface area contributed by atoms with Crippen LogP contribution in [0.1, 0.15) is 13.8 Å². The molecule has 3 heterocycles. The maximum Gasteiger partial charge on any atom is 0.414 e. The molecule has 0 spiro atoms. The topological polar surface area (TPSA) is 138 Å². The summed E-state index contributed by atoms with van der Waals surface area (Å²) in [6.07, 6.45) is 0.202. The van der Waals surface area contributed by atoms with E-state index in [1.165, 1.54) is 21.8 Å². The highest BCUT2D eigenvalue weighted by Gasteiger charge is 2.34. The van der Waals surface area contributed by atoms with E-state index in [0.717, 1.165) is 0 Å². The van der Waals surface area contributed by atoms with Crippen LogP contribution in [0.15, 0.2) is 36.5 Å². The summed E-state index contributed by atoms with van der Waals surface area (Å²) in [4.78, 5) is 29.8. The molecule has 0 radical (unpaired) electrons. The average molecular weight is 505 g/mol. The summed E-state index contributed by atoms with van der Waals surface area (Å²) in [5.74, 6) is -0.680. The molecular weight excluding hydrogens is 481 g/mol. The number of benzene rings is 1. The lowest BCUT2D eigenvalue weighted by atomic mass is 10.1. The summed E-state index contributed by atoms with van der Waals surface area (Å²) in [6, 6.07) is 7.08. The molecule has 0 bridgehead atoms. The predicted molar refractivity (Wildman–Crippen MR) is 119 cm³/mol. The predicted octanol–water partition coefficient (Wildman–Crippen LogP) is -1.07. The van der Waals surface area contributed by atoms with Crippen LogP contribution in [0.2, 0.25) is 0 Å². The first-order chi connectivity index (χ1) is 16.2. The van der Waals surface area contributed by atoms with Crippen LogP contribution in [0.25, 0.3) is 22.6 Å². The third-order valence-electron chi connectivity index (χ3n) is 5.46. The molecule has 3 aromatic rings. The number of halogens is 2. The number of aryl methyl sites for hydroxylation is 1. The Hall–Kier alpha value is -3.64. The Kier molecular flexibility index (Phi) is 7.97. The van der Waals surface area contributed by atoms with Gasteiger partial charge in [-0.2, -0.15) is 0 Å². The summed E-state index contributed by atoms with van der Waals surface area (Å²) in [5.41, 5.74) is 7.51. The van der Waals surface area contributed by atoms with Crippen LogP contribution in [0.5, 0.6) is 0 Å². The first-order valence-electron chi connectivity index (χ1n) is 10.6. The Morgan fingerprint density at radius 3 is 2.69 bits per heavy atom. The Morgan fingerprint density at radius 2 is 2.09 bits per heavy atom. The average Bonchev–Trinajstić information content (AvgIpc) is 3.42. The van der Waals surface area contributed by atoms with Crippen LogP contribution in [0.4, 0.5) is 14.9 Å². The minimum Gasteiger partial charge on any atom is -1.00 e. The van der Waals surface area contributed by atoms with E-state index in [1.807, 2.05) is 0 Å². The van der Waals surface area contributed by atoms with E-state index in [9.17, 15) is 14.0 Å². The van der Waals surface area contributed by atoms with Gasteiger partial charge in [0.2, 0.25) is 0 Å². The number of pyridine rings is 1. The minimum absolute atomic E-state index is 0. The number of hydrogen-bond acceptors (Lipinski definition) is 9. The maximum absolute atomic E-state index is 14.9. The highest BCUT2D eigenvalue weighted by molar-refractivity contribution is 5.90. The van der Waals surface area contributed by atoms with Crippen molar-refractivity contribution in [1.29, 1.82) is 0 Å². The van der Waals surface area contributed by atoms with Crippen molar-refractivity contribution in [3.05, 3.63) is 42.3 Å². The molecule has 2 N–H and O–H groups in total. The van der Waals surface area contributed by atoms with Crippen molar-refractivity contribution in [2.45, 2.75) is 26.0 Å². The minimum atomic E-state index is -0.754. The Morgan fingerprint density at radius 1 is 1.31 bits per heavy atom. The van der Waals surface area contributed by atoms with Crippen molar-refractivity contribution < 1.29 is 35.9 Å². The molecule has 2 atom stereocenters. The number of nitrogens with two attached hydrogens (primary N) is 1. The fraction of sp³-hybridized carbons (Fsp3) is 0.364. The van der Waals surface area contributed by atoms with Gasteiger partial charge in [0.05, 0.1) is 12.2 Å². The standard InChI is InChI=1S/C22H24FN7O4.ClH/c1-12(2)19(24)21(31)33-11-15-10-30(22(32)34-15)14-5-6-16(17(23)8-14)13-4-7-18(25-9-13)20-26-27-28-29(20)3;/h4-9,12,15,19H,10-11,24H2,1-3H3;1H/p-1/t15?,19-;/m1./s1. The number of carbonyl (C=O) groups excluding carboxylic acids is 2. The number of anilines is 1. The van der Waals surface area contributed by atoms with Crippen LogP contribution < -0.4 is 23.0 Å². The van der Waals surface area contributed by atoms with Gasteiger partial charge in [-0.15, -0.1) is 5.10 Å². The molecule has 1 amide bonds. The molecule has 0 aliphatic carbocycles. The van der Waals surface area contributed by atoms with Gasteiger partial charge in [-0.05, 0) is 40.6 Å². The third-order valence-corrected chi connectivity index (χ3v) is 5.46. The van der Waals surface area contributed by atoms with Gasteiger partial charge < -0.3 is 27.6 Å². The zero-order valence-electron chi connectivity index (χ0n) is 19.3. The van der Waals surface area contributed by atoms with Crippen LogP contribution >= 0.6 is 0 Å². The smallest absolute Gasteiger partial charge is 0.414 e. The molecule has 35 heavy (non-hydrogen) atoms. The highest BCUT2D eigenvalue weighted by atomic mass is 35.5. The third kappa shape index (κ3) is 5.54. The number of amides is 1. The molecule has 1 aromatic carbocycles. The zero-order valence-corrected chi connectivity index (χ0v) is 20.0. The van der Waals surface area contributed by atoms with E-state index < -0.39 is 30.0 Å². The molecule has 1 saturated heterocycles. The molecule has 0 saturated carbocycles. The van der Waals surface area contributed by atoms with Gasteiger partial charge >= 0.3 is 12.1 Å². The fourth-order valence-corrected chi connectivity index (χ4v) is 3.40.